The van der Waals surface area contributed by atoms with Gasteiger partial charge in [-0.3, -0.25) is 4.79 Å². The molecule has 0 aliphatic carbocycles. The molecule has 1 rings (SSSR count). The smallest absolute Gasteiger partial charge is 0.327 e. The van der Waals surface area contributed by atoms with Crippen LogP contribution in [0.4, 0.5) is 0 Å². The molecule has 0 saturated carbocycles. The fourth-order valence-corrected chi connectivity index (χ4v) is 2.61. The van der Waals surface area contributed by atoms with Gasteiger partial charge in [-0.1, -0.05) is 6.92 Å². The van der Waals surface area contributed by atoms with Crippen LogP contribution in [0.3, 0.4) is 0 Å². The van der Waals surface area contributed by atoms with E-state index in [-0.39, 0.29) is 5.97 Å². The largest absolute Gasteiger partial charge is 0.465 e. The van der Waals surface area contributed by atoms with Crippen LogP contribution in [0.1, 0.15) is 33.6 Å². The van der Waals surface area contributed by atoms with Gasteiger partial charge in [0.05, 0.1) is 12.7 Å². The molecule has 0 spiro atoms. The van der Waals surface area contributed by atoms with Gasteiger partial charge in [0.1, 0.15) is 5.54 Å². The van der Waals surface area contributed by atoms with Gasteiger partial charge in [-0.2, -0.15) is 0 Å². The lowest BCUT2D eigenvalue weighted by Crippen LogP contribution is -2.57. The van der Waals surface area contributed by atoms with Gasteiger partial charge in [0, 0.05) is 19.7 Å². The van der Waals surface area contributed by atoms with Crippen molar-refractivity contribution in [1.29, 1.82) is 0 Å². The second-order valence-corrected chi connectivity index (χ2v) is 5.41. The Kier molecular flexibility index (Phi) is 6.75. The van der Waals surface area contributed by atoms with E-state index in [0.717, 1.165) is 32.5 Å². The number of likely N-dealkylation sites (N-methyl/N-ethyl adjacent to an activating group) is 2. The summed E-state index contributed by atoms with van der Waals surface area (Å²) in [6.45, 7) is 9.23. The van der Waals surface area contributed by atoms with Crippen molar-refractivity contribution in [2.75, 3.05) is 39.9 Å². The monoisotopic (exact) mass is 272 g/mol. The highest BCUT2D eigenvalue weighted by Gasteiger charge is 2.35. The topological polar surface area (TPSA) is 50.8 Å². The molecule has 1 N–H and O–H groups in total. The minimum Gasteiger partial charge on any atom is -0.465 e. The van der Waals surface area contributed by atoms with Crippen LogP contribution in [0.25, 0.3) is 0 Å². The molecule has 2 atom stereocenters. The lowest BCUT2D eigenvalue weighted by atomic mass is 10.0. The van der Waals surface area contributed by atoms with E-state index in [1.54, 1.807) is 0 Å². The van der Waals surface area contributed by atoms with Gasteiger partial charge < -0.3 is 19.7 Å². The minimum atomic E-state index is -0.655. The van der Waals surface area contributed by atoms with E-state index in [1.165, 1.54) is 0 Å². The molecule has 1 heterocycles. The molecule has 0 aromatic heterocycles. The molecular weight excluding hydrogens is 244 g/mol. The summed E-state index contributed by atoms with van der Waals surface area (Å²) in [5.41, 5.74) is -0.655. The van der Waals surface area contributed by atoms with Crippen LogP contribution >= 0.6 is 0 Å². The average molecular weight is 272 g/mol. The summed E-state index contributed by atoms with van der Waals surface area (Å²) in [6.07, 6.45) is 2.56. The number of carbonyl (C=O) groups is 1. The predicted molar refractivity (Wildman–Crippen MR) is 75.2 cm³/mol. The summed E-state index contributed by atoms with van der Waals surface area (Å²) in [4.78, 5) is 14.2. The highest BCUT2D eigenvalue weighted by Crippen LogP contribution is 2.15. The number of nitrogens with one attached hydrogen (secondary N) is 1. The zero-order chi connectivity index (χ0) is 14.3. The molecule has 1 aliphatic rings. The lowest BCUT2D eigenvalue weighted by molar-refractivity contribution is -0.151. The second-order valence-electron chi connectivity index (χ2n) is 5.41. The van der Waals surface area contributed by atoms with E-state index in [1.807, 2.05) is 27.8 Å². The van der Waals surface area contributed by atoms with Crippen molar-refractivity contribution in [1.82, 2.24) is 10.2 Å². The van der Waals surface area contributed by atoms with E-state index in [0.29, 0.717) is 19.3 Å². The van der Waals surface area contributed by atoms with Crippen molar-refractivity contribution in [2.45, 2.75) is 45.3 Å². The van der Waals surface area contributed by atoms with Crippen LogP contribution in [0.5, 0.6) is 0 Å². The maximum absolute atomic E-state index is 12.1. The molecule has 1 fully saturated rings. The van der Waals surface area contributed by atoms with E-state index in [4.69, 9.17) is 9.47 Å². The van der Waals surface area contributed by atoms with Crippen LogP contribution in [0, 0.1) is 0 Å². The Hall–Kier alpha value is -0.650. The number of rotatable bonds is 8. The maximum Gasteiger partial charge on any atom is 0.327 e. The first-order chi connectivity index (χ1) is 9.01. The van der Waals surface area contributed by atoms with Crippen LogP contribution in [0.15, 0.2) is 0 Å². The third-order valence-corrected chi connectivity index (χ3v) is 3.42. The first-order valence-corrected chi connectivity index (χ1v) is 7.24. The Morgan fingerprint density at radius 1 is 1.53 bits per heavy atom. The van der Waals surface area contributed by atoms with Crippen LogP contribution < -0.4 is 5.32 Å². The zero-order valence-corrected chi connectivity index (χ0v) is 12.7. The molecule has 0 amide bonds. The molecule has 1 aliphatic heterocycles. The molecular formula is C14H28N2O3. The predicted octanol–water partition coefficient (Wildman–Crippen LogP) is 1.03. The third-order valence-electron chi connectivity index (χ3n) is 3.42. The highest BCUT2D eigenvalue weighted by atomic mass is 16.5. The SMILES string of the molecule is CCNC(C)(CN(C)CC1CCCO1)C(=O)OCC. The Morgan fingerprint density at radius 2 is 2.26 bits per heavy atom. The Morgan fingerprint density at radius 3 is 2.79 bits per heavy atom. The quantitative estimate of drug-likeness (QED) is 0.669. The first kappa shape index (κ1) is 16.4. The fraction of sp³-hybridized carbons (Fsp3) is 0.929. The summed E-state index contributed by atoms with van der Waals surface area (Å²) < 4.78 is 10.8. The maximum atomic E-state index is 12.1. The summed E-state index contributed by atoms with van der Waals surface area (Å²) in [5.74, 6) is -0.184. The summed E-state index contributed by atoms with van der Waals surface area (Å²) >= 11 is 0. The number of ether oxygens (including phenoxy) is 2. The Bertz CT molecular complexity index is 280. The standard InChI is InChI=1S/C14H28N2O3/c1-5-15-14(3,13(17)18-6-2)11-16(4)10-12-8-7-9-19-12/h12,15H,5-11H2,1-4H3. The average Bonchev–Trinajstić information content (AvgIpc) is 2.82. The Labute approximate surface area is 116 Å². The third kappa shape index (κ3) is 5.09. The van der Waals surface area contributed by atoms with Crippen molar-refractivity contribution in [3.05, 3.63) is 0 Å². The van der Waals surface area contributed by atoms with Gasteiger partial charge in [-0.25, -0.2) is 0 Å². The van der Waals surface area contributed by atoms with Gasteiger partial charge in [0.25, 0.3) is 0 Å². The van der Waals surface area contributed by atoms with Crippen LogP contribution in [-0.2, 0) is 14.3 Å². The van der Waals surface area contributed by atoms with Gasteiger partial charge in [-0.05, 0) is 40.3 Å². The van der Waals surface area contributed by atoms with Gasteiger partial charge >= 0.3 is 5.97 Å². The molecule has 19 heavy (non-hydrogen) atoms. The van der Waals surface area contributed by atoms with Crippen molar-refractivity contribution in [3.63, 3.8) is 0 Å². The van der Waals surface area contributed by atoms with Gasteiger partial charge in [0.2, 0.25) is 0 Å². The molecule has 5 nitrogen and oxygen atoms in total. The molecule has 0 aromatic carbocycles. The molecule has 0 radical (unpaired) electrons. The van der Waals surface area contributed by atoms with Crippen LogP contribution in [0.2, 0.25) is 0 Å². The van der Waals surface area contributed by atoms with Crippen molar-refractivity contribution in [2.24, 2.45) is 0 Å². The summed E-state index contributed by atoms with van der Waals surface area (Å²) in [7, 11) is 2.02. The van der Waals surface area contributed by atoms with E-state index >= 15 is 0 Å². The normalized spacial score (nSPS) is 22.5. The molecule has 1 saturated heterocycles. The number of hydrogen-bond donors (Lipinski definition) is 1. The van der Waals surface area contributed by atoms with Crippen molar-refractivity contribution in [3.8, 4) is 0 Å². The number of nitrogens with zero attached hydrogens (tertiary/aromatic N) is 1. The number of esters is 1. The molecule has 5 heteroatoms. The summed E-state index contributed by atoms with van der Waals surface area (Å²) in [5, 5.41) is 3.24. The van der Waals surface area contributed by atoms with E-state index in [2.05, 4.69) is 10.2 Å². The zero-order valence-electron chi connectivity index (χ0n) is 12.7. The van der Waals surface area contributed by atoms with Crippen molar-refractivity contribution < 1.29 is 14.3 Å². The number of carbonyl (C=O) groups excluding carboxylic acids is 1. The minimum absolute atomic E-state index is 0.184. The van der Waals surface area contributed by atoms with Gasteiger partial charge in [0.15, 0.2) is 0 Å². The van der Waals surface area contributed by atoms with Crippen molar-refractivity contribution >= 4 is 5.97 Å². The molecule has 2 unspecified atom stereocenters. The molecule has 112 valence electrons. The highest BCUT2D eigenvalue weighted by molar-refractivity contribution is 5.80. The van der Waals surface area contributed by atoms with E-state index in [9.17, 15) is 4.79 Å². The van der Waals surface area contributed by atoms with E-state index < -0.39 is 5.54 Å². The Balaban J connectivity index is 2.52. The van der Waals surface area contributed by atoms with Crippen LogP contribution in [-0.4, -0.2) is 62.4 Å². The first-order valence-electron chi connectivity index (χ1n) is 7.24. The van der Waals surface area contributed by atoms with Gasteiger partial charge in [-0.15, -0.1) is 0 Å². The lowest BCUT2D eigenvalue weighted by Gasteiger charge is -2.33. The molecule has 0 bridgehead atoms. The molecule has 0 aromatic rings. The second kappa shape index (κ2) is 7.82. The number of hydrogen-bond acceptors (Lipinski definition) is 5. The summed E-state index contributed by atoms with van der Waals surface area (Å²) in [6, 6.07) is 0. The fourth-order valence-electron chi connectivity index (χ4n) is 2.61.